The number of benzene rings is 2. The number of hydrogen-bond donors (Lipinski definition) is 2. The minimum absolute atomic E-state index is 0.0198. The van der Waals surface area contributed by atoms with Crippen molar-refractivity contribution in [3.63, 3.8) is 0 Å². The van der Waals surface area contributed by atoms with E-state index >= 15 is 0 Å². The number of carbonyl (C=O) groups excluding carboxylic acids is 1. The Balaban J connectivity index is 2.09. The van der Waals surface area contributed by atoms with E-state index in [2.05, 4.69) is 0 Å². The van der Waals surface area contributed by atoms with Crippen molar-refractivity contribution in [2.24, 2.45) is 0 Å². The van der Waals surface area contributed by atoms with Crippen LogP contribution in [0.25, 0.3) is 0 Å². The number of phenolic OH excluding ortho intramolecular Hbond substituents is 2. The standard InChI is InChI=1S/C17H17NO3/c1-11-9-10-12-5-2-3-6-13(12)18(11)17(21)16-14(19)7-4-8-15(16)20/h2-8,11,19-20H,9-10H2,1H3. The molecule has 4 heteroatoms. The van der Waals surface area contributed by atoms with Gasteiger partial charge in [0.2, 0.25) is 0 Å². The fraction of sp³-hybridized carbons (Fsp3) is 0.235. The van der Waals surface area contributed by atoms with Crippen molar-refractivity contribution in [1.82, 2.24) is 0 Å². The summed E-state index contributed by atoms with van der Waals surface area (Å²) in [6, 6.07) is 12.1. The lowest BCUT2D eigenvalue weighted by Crippen LogP contribution is -2.42. The fourth-order valence-electron chi connectivity index (χ4n) is 2.87. The number of para-hydroxylation sites is 1. The highest BCUT2D eigenvalue weighted by atomic mass is 16.3. The van der Waals surface area contributed by atoms with E-state index in [4.69, 9.17) is 0 Å². The van der Waals surface area contributed by atoms with E-state index in [-0.39, 0.29) is 29.0 Å². The average Bonchev–Trinajstić information content (AvgIpc) is 2.46. The first-order valence-electron chi connectivity index (χ1n) is 7.02. The number of phenols is 2. The summed E-state index contributed by atoms with van der Waals surface area (Å²) in [5.74, 6) is -0.768. The summed E-state index contributed by atoms with van der Waals surface area (Å²) in [4.78, 5) is 14.5. The second kappa shape index (κ2) is 5.13. The summed E-state index contributed by atoms with van der Waals surface area (Å²) >= 11 is 0. The summed E-state index contributed by atoms with van der Waals surface area (Å²) in [7, 11) is 0. The SMILES string of the molecule is CC1CCc2ccccc2N1C(=O)c1c(O)cccc1O. The highest BCUT2D eigenvalue weighted by molar-refractivity contribution is 6.10. The van der Waals surface area contributed by atoms with Gasteiger partial charge in [0.15, 0.2) is 0 Å². The molecule has 1 aliphatic heterocycles. The van der Waals surface area contributed by atoms with Gasteiger partial charge in [0.05, 0.1) is 0 Å². The quantitative estimate of drug-likeness (QED) is 0.845. The lowest BCUT2D eigenvalue weighted by molar-refractivity contribution is 0.0970. The number of aryl methyl sites for hydroxylation is 1. The molecule has 108 valence electrons. The maximum Gasteiger partial charge on any atom is 0.266 e. The summed E-state index contributed by atoms with van der Waals surface area (Å²) in [6.45, 7) is 1.98. The van der Waals surface area contributed by atoms with Crippen LogP contribution in [0.2, 0.25) is 0 Å². The van der Waals surface area contributed by atoms with E-state index in [1.807, 2.05) is 31.2 Å². The van der Waals surface area contributed by atoms with E-state index in [9.17, 15) is 15.0 Å². The van der Waals surface area contributed by atoms with Gasteiger partial charge in [-0.05, 0) is 43.5 Å². The van der Waals surface area contributed by atoms with Crippen LogP contribution in [0.3, 0.4) is 0 Å². The molecule has 0 radical (unpaired) electrons. The van der Waals surface area contributed by atoms with Crippen molar-refractivity contribution >= 4 is 11.6 Å². The number of hydrogen-bond acceptors (Lipinski definition) is 3. The van der Waals surface area contributed by atoms with E-state index in [0.717, 1.165) is 24.1 Å². The molecule has 2 aromatic rings. The lowest BCUT2D eigenvalue weighted by Gasteiger charge is -2.35. The molecule has 3 rings (SSSR count). The molecule has 1 atom stereocenters. The molecule has 0 saturated carbocycles. The van der Waals surface area contributed by atoms with Gasteiger partial charge in [-0.25, -0.2) is 0 Å². The predicted octanol–water partition coefficient (Wildman–Crippen LogP) is 3.08. The molecule has 0 bridgehead atoms. The topological polar surface area (TPSA) is 60.8 Å². The Morgan fingerprint density at radius 2 is 1.76 bits per heavy atom. The molecule has 0 fully saturated rings. The van der Waals surface area contributed by atoms with Crippen LogP contribution in [0.1, 0.15) is 29.3 Å². The van der Waals surface area contributed by atoms with E-state index in [1.54, 1.807) is 4.90 Å². The third-order valence-electron chi connectivity index (χ3n) is 3.98. The van der Waals surface area contributed by atoms with Gasteiger partial charge in [-0.15, -0.1) is 0 Å². The Bertz CT molecular complexity index is 676. The van der Waals surface area contributed by atoms with Crippen LogP contribution in [-0.2, 0) is 6.42 Å². The Kier molecular flexibility index (Phi) is 3.29. The van der Waals surface area contributed by atoms with Crippen molar-refractivity contribution in [2.75, 3.05) is 4.90 Å². The number of anilines is 1. The highest BCUT2D eigenvalue weighted by Gasteiger charge is 2.31. The highest BCUT2D eigenvalue weighted by Crippen LogP contribution is 2.35. The monoisotopic (exact) mass is 283 g/mol. The van der Waals surface area contributed by atoms with Gasteiger partial charge in [0.1, 0.15) is 17.1 Å². The minimum atomic E-state index is -0.370. The number of aromatic hydroxyl groups is 2. The molecular weight excluding hydrogens is 266 g/mol. The Hall–Kier alpha value is -2.49. The van der Waals surface area contributed by atoms with E-state index in [0.29, 0.717) is 0 Å². The van der Waals surface area contributed by atoms with Crippen molar-refractivity contribution in [3.05, 3.63) is 53.6 Å². The summed E-state index contributed by atoms with van der Waals surface area (Å²) in [6.07, 6.45) is 1.78. The van der Waals surface area contributed by atoms with Gasteiger partial charge in [-0.1, -0.05) is 24.3 Å². The smallest absolute Gasteiger partial charge is 0.266 e. The number of carbonyl (C=O) groups is 1. The maximum absolute atomic E-state index is 12.8. The Morgan fingerprint density at radius 3 is 2.48 bits per heavy atom. The van der Waals surface area contributed by atoms with Gasteiger partial charge in [-0.2, -0.15) is 0 Å². The molecule has 21 heavy (non-hydrogen) atoms. The van der Waals surface area contributed by atoms with Gasteiger partial charge >= 0.3 is 0 Å². The number of nitrogens with zero attached hydrogens (tertiary/aromatic N) is 1. The molecule has 0 spiro atoms. The zero-order chi connectivity index (χ0) is 15.0. The van der Waals surface area contributed by atoms with Crippen molar-refractivity contribution in [2.45, 2.75) is 25.8 Å². The summed E-state index contributed by atoms with van der Waals surface area (Å²) in [5, 5.41) is 19.8. The predicted molar refractivity (Wildman–Crippen MR) is 80.8 cm³/mol. The normalized spacial score (nSPS) is 17.4. The maximum atomic E-state index is 12.8. The molecule has 0 saturated heterocycles. The first kappa shape index (κ1) is 13.5. The zero-order valence-corrected chi connectivity index (χ0v) is 11.8. The molecule has 4 nitrogen and oxygen atoms in total. The van der Waals surface area contributed by atoms with Gasteiger partial charge in [0, 0.05) is 11.7 Å². The summed E-state index contributed by atoms with van der Waals surface area (Å²) < 4.78 is 0. The van der Waals surface area contributed by atoms with E-state index < -0.39 is 0 Å². The Labute approximate surface area is 123 Å². The van der Waals surface area contributed by atoms with E-state index in [1.165, 1.54) is 18.2 Å². The number of rotatable bonds is 1. The van der Waals surface area contributed by atoms with Gasteiger partial charge in [-0.3, -0.25) is 4.79 Å². The van der Waals surface area contributed by atoms with Crippen LogP contribution >= 0.6 is 0 Å². The van der Waals surface area contributed by atoms with Crippen LogP contribution in [0, 0.1) is 0 Å². The lowest BCUT2D eigenvalue weighted by atomic mass is 9.95. The molecule has 1 amide bonds. The van der Waals surface area contributed by atoms with Gasteiger partial charge < -0.3 is 15.1 Å². The van der Waals surface area contributed by atoms with Gasteiger partial charge in [0.25, 0.3) is 5.91 Å². The molecule has 1 unspecified atom stereocenters. The van der Waals surface area contributed by atoms with Crippen LogP contribution in [0.5, 0.6) is 11.5 Å². The molecule has 0 aliphatic carbocycles. The van der Waals surface area contributed by atoms with Crippen molar-refractivity contribution < 1.29 is 15.0 Å². The van der Waals surface area contributed by atoms with Crippen LogP contribution < -0.4 is 4.90 Å². The number of amides is 1. The van der Waals surface area contributed by atoms with Crippen LogP contribution in [0.4, 0.5) is 5.69 Å². The molecule has 1 aliphatic rings. The molecular formula is C17H17NO3. The Morgan fingerprint density at radius 1 is 1.10 bits per heavy atom. The van der Waals surface area contributed by atoms with Crippen LogP contribution in [0.15, 0.2) is 42.5 Å². The first-order valence-corrected chi connectivity index (χ1v) is 7.02. The number of fused-ring (bicyclic) bond motifs is 1. The molecule has 2 N–H and O–H groups in total. The second-order valence-corrected chi connectivity index (χ2v) is 5.36. The third kappa shape index (κ3) is 2.23. The van der Waals surface area contributed by atoms with Crippen LogP contribution in [-0.4, -0.2) is 22.2 Å². The molecule has 0 aromatic heterocycles. The fourth-order valence-corrected chi connectivity index (χ4v) is 2.87. The largest absolute Gasteiger partial charge is 0.507 e. The third-order valence-corrected chi connectivity index (χ3v) is 3.98. The average molecular weight is 283 g/mol. The molecule has 2 aromatic carbocycles. The zero-order valence-electron chi connectivity index (χ0n) is 11.8. The van der Waals surface area contributed by atoms with Crippen molar-refractivity contribution in [3.8, 4) is 11.5 Å². The minimum Gasteiger partial charge on any atom is -0.507 e. The second-order valence-electron chi connectivity index (χ2n) is 5.36. The van der Waals surface area contributed by atoms with Crippen molar-refractivity contribution in [1.29, 1.82) is 0 Å². The molecule has 1 heterocycles. The first-order chi connectivity index (χ1) is 10.1. The summed E-state index contributed by atoms with van der Waals surface area (Å²) in [5.41, 5.74) is 1.92.